The van der Waals surface area contributed by atoms with Gasteiger partial charge in [-0.3, -0.25) is 9.78 Å². The fraction of sp³-hybridized carbons (Fsp3) is 0.538. The molecule has 1 aromatic rings. The molecule has 0 unspecified atom stereocenters. The van der Waals surface area contributed by atoms with Gasteiger partial charge in [0.05, 0.1) is 0 Å². The van der Waals surface area contributed by atoms with Gasteiger partial charge in [0.15, 0.2) is 0 Å². The van der Waals surface area contributed by atoms with Gasteiger partial charge in [0.1, 0.15) is 5.78 Å². The predicted octanol–water partition coefficient (Wildman–Crippen LogP) is 2.77. The minimum Gasteiger partial charge on any atom is -0.299 e. The highest BCUT2D eigenvalue weighted by Crippen LogP contribution is 2.26. The Morgan fingerprint density at radius 2 is 1.93 bits per heavy atom. The number of carbonyl (C=O) groups excluding carboxylic acids is 1. The van der Waals surface area contributed by atoms with Gasteiger partial charge in [0.25, 0.3) is 0 Å². The first kappa shape index (κ1) is 10.3. The Kier molecular flexibility index (Phi) is 3.49. The van der Waals surface area contributed by atoms with Crippen LogP contribution in [0.1, 0.15) is 37.7 Å². The number of carbonyl (C=O) groups is 1. The van der Waals surface area contributed by atoms with Gasteiger partial charge >= 0.3 is 0 Å². The van der Waals surface area contributed by atoms with Gasteiger partial charge in [-0.05, 0) is 37.0 Å². The Hall–Kier alpha value is -1.18. The molecule has 2 rings (SSSR count). The van der Waals surface area contributed by atoms with E-state index in [1.165, 1.54) is 18.4 Å². The number of hydrogen-bond acceptors (Lipinski definition) is 2. The van der Waals surface area contributed by atoms with Crippen molar-refractivity contribution in [2.24, 2.45) is 5.92 Å². The van der Waals surface area contributed by atoms with E-state index in [4.69, 9.17) is 0 Å². The summed E-state index contributed by atoms with van der Waals surface area (Å²) >= 11 is 0. The lowest BCUT2D eigenvalue weighted by Crippen LogP contribution is -2.11. The zero-order chi connectivity index (χ0) is 10.5. The first-order valence-corrected chi connectivity index (χ1v) is 5.78. The summed E-state index contributed by atoms with van der Waals surface area (Å²) in [7, 11) is 0. The fourth-order valence-corrected chi connectivity index (χ4v) is 2.27. The van der Waals surface area contributed by atoms with Gasteiger partial charge in [-0.15, -0.1) is 0 Å². The normalized spacial score (nSPS) is 16.8. The van der Waals surface area contributed by atoms with E-state index in [0.29, 0.717) is 18.1 Å². The minimum atomic E-state index is 0.367. The number of aryl methyl sites for hydroxylation is 1. The molecule has 0 amide bonds. The van der Waals surface area contributed by atoms with Crippen LogP contribution in [0.25, 0.3) is 0 Å². The molecule has 1 saturated carbocycles. The second-order valence-electron chi connectivity index (χ2n) is 4.30. The first-order valence-electron chi connectivity index (χ1n) is 5.78. The SMILES string of the molecule is O=C(CCc1ccncc1)C1CCCC1. The molecule has 1 fully saturated rings. The van der Waals surface area contributed by atoms with Crippen molar-refractivity contribution in [2.75, 3.05) is 0 Å². The summed E-state index contributed by atoms with van der Waals surface area (Å²) in [4.78, 5) is 15.8. The largest absolute Gasteiger partial charge is 0.299 e. The minimum absolute atomic E-state index is 0.367. The Bertz CT molecular complexity index is 315. The van der Waals surface area contributed by atoms with E-state index < -0.39 is 0 Å². The van der Waals surface area contributed by atoms with Crippen LogP contribution in [0.15, 0.2) is 24.5 Å². The van der Waals surface area contributed by atoms with Crippen molar-refractivity contribution in [1.82, 2.24) is 4.98 Å². The summed E-state index contributed by atoms with van der Waals surface area (Å²) in [5, 5.41) is 0. The third-order valence-electron chi connectivity index (χ3n) is 3.22. The number of aromatic nitrogens is 1. The Morgan fingerprint density at radius 3 is 2.60 bits per heavy atom. The van der Waals surface area contributed by atoms with Gasteiger partial charge in [-0.2, -0.15) is 0 Å². The maximum atomic E-state index is 11.8. The molecule has 0 N–H and O–H groups in total. The van der Waals surface area contributed by atoms with Crippen molar-refractivity contribution >= 4 is 5.78 Å². The summed E-state index contributed by atoms with van der Waals surface area (Å²) in [5.74, 6) is 0.830. The number of pyridine rings is 1. The lowest BCUT2D eigenvalue weighted by Gasteiger charge is -2.07. The Labute approximate surface area is 90.7 Å². The van der Waals surface area contributed by atoms with E-state index >= 15 is 0 Å². The lowest BCUT2D eigenvalue weighted by molar-refractivity contribution is -0.122. The van der Waals surface area contributed by atoms with E-state index in [0.717, 1.165) is 19.3 Å². The molecule has 0 aliphatic heterocycles. The van der Waals surface area contributed by atoms with E-state index in [-0.39, 0.29) is 0 Å². The summed E-state index contributed by atoms with van der Waals surface area (Å²) in [6.45, 7) is 0. The number of nitrogens with zero attached hydrogens (tertiary/aromatic N) is 1. The summed E-state index contributed by atoms with van der Waals surface area (Å²) < 4.78 is 0. The zero-order valence-corrected chi connectivity index (χ0v) is 8.98. The van der Waals surface area contributed by atoms with Crippen molar-refractivity contribution in [1.29, 1.82) is 0 Å². The molecule has 0 radical (unpaired) electrons. The van der Waals surface area contributed by atoms with E-state index in [2.05, 4.69) is 4.98 Å². The van der Waals surface area contributed by atoms with Gasteiger partial charge < -0.3 is 0 Å². The van der Waals surface area contributed by atoms with Crippen molar-refractivity contribution in [3.8, 4) is 0 Å². The van der Waals surface area contributed by atoms with Crippen LogP contribution in [0.2, 0.25) is 0 Å². The molecule has 0 bridgehead atoms. The standard InChI is InChI=1S/C13H17NO/c15-13(12-3-1-2-4-12)6-5-11-7-9-14-10-8-11/h7-10,12H,1-6H2. The van der Waals surface area contributed by atoms with Crippen molar-refractivity contribution in [3.63, 3.8) is 0 Å². The van der Waals surface area contributed by atoms with Crippen LogP contribution in [0.3, 0.4) is 0 Å². The molecule has 2 nitrogen and oxygen atoms in total. The molecule has 0 aromatic carbocycles. The van der Waals surface area contributed by atoms with Crippen molar-refractivity contribution in [2.45, 2.75) is 38.5 Å². The number of rotatable bonds is 4. The maximum Gasteiger partial charge on any atom is 0.136 e. The number of ketones is 1. The Morgan fingerprint density at radius 1 is 1.27 bits per heavy atom. The molecule has 80 valence electrons. The monoisotopic (exact) mass is 203 g/mol. The van der Waals surface area contributed by atoms with E-state index in [9.17, 15) is 4.79 Å². The van der Waals surface area contributed by atoms with Crippen LogP contribution in [0, 0.1) is 5.92 Å². The van der Waals surface area contributed by atoms with Crippen LogP contribution in [0.4, 0.5) is 0 Å². The third kappa shape index (κ3) is 2.88. The van der Waals surface area contributed by atoms with E-state index in [1.54, 1.807) is 12.4 Å². The second kappa shape index (κ2) is 5.06. The Balaban J connectivity index is 1.80. The second-order valence-corrected chi connectivity index (χ2v) is 4.30. The topological polar surface area (TPSA) is 30.0 Å². The van der Waals surface area contributed by atoms with Gasteiger partial charge in [0, 0.05) is 24.7 Å². The molecule has 1 aromatic heterocycles. The molecule has 1 aliphatic rings. The molecule has 1 aliphatic carbocycles. The van der Waals surface area contributed by atoms with Crippen molar-refractivity contribution < 1.29 is 4.79 Å². The van der Waals surface area contributed by atoms with Crippen molar-refractivity contribution in [3.05, 3.63) is 30.1 Å². The molecule has 15 heavy (non-hydrogen) atoms. The van der Waals surface area contributed by atoms with Crippen LogP contribution in [-0.2, 0) is 11.2 Å². The fourth-order valence-electron chi connectivity index (χ4n) is 2.27. The van der Waals surface area contributed by atoms with Crippen LogP contribution < -0.4 is 0 Å². The van der Waals surface area contributed by atoms with Gasteiger partial charge in [-0.1, -0.05) is 12.8 Å². The van der Waals surface area contributed by atoms with Crippen LogP contribution >= 0.6 is 0 Å². The molecule has 0 spiro atoms. The third-order valence-corrected chi connectivity index (χ3v) is 3.22. The number of hydrogen-bond donors (Lipinski definition) is 0. The summed E-state index contributed by atoms with van der Waals surface area (Å²) in [6.07, 6.45) is 9.87. The predicted molar refractivity (Wildman–Crippen MR) is 59.5 cm³/mol. The molecule has 0 atom stereocenters. The summed E-state index contributed by atoms with van der Waals surface area (Å²) in [6, 6.07) is 3.98. The molecule has 1 heterocycles. The highest BCUT2D eigenvalue weighted by atomic mass is 16.1. The molecule has 2 heteroatoms. The average Bonchev–Trinajstić information content (AvgIpc) is 2.81. The van der Waals surface area contributed by atoms with E-state index in [1.807, 2.05) is 12.1 Å². The quantitative estimate of drug-likeness (QED) is 0.753. The molecular weight excluding hydrogens is 186 g/mol. The van der Waals surface area contributed by atoms with Crippen LogP contribution in [-0.4, -0.2) is 10.8 Å². The van der Waals surface area contributed by atoms with Gasteiger partial charge in [-0.25, -0.2) is 0 Å². The van der Waals surface area contributed by atoms with Gasteiger partial charge in [0.2, 0.25) is 0 Å². The maximum absolute atomic E-state index is 11.8. The zero-order valence-electron chi connectivity index (χ0n) is 8.98. The average molecular weight is 203 g/mol. The summed E-state index contributed by atoms with van der Waals surface area (Å²) in [5.41, 5.74) is 1.22. The molecule has 0 saturated heterocycles. The molecular formula is C13H17NO. The first-order chi connectivity index (χ1) is 7.36. The lowest BCUT2D eigenvalue weighted by atomic mass is 9.97. The smallest absolute Gasteiger partial charge is 0.136 e. The highest BCUT2D eigenvalue weighted by Gasteiger charge is 2.21. The van der Waals surface area contributed by atoms with Crippen LogP contribution in [0.5, 0.6) is 0 Å². The number of Topliss-reactive ketones (excluding diaryl/α,β-unsaturated/α-hetero) is 1. The highest BCUT2D eigenvalue weighted by molar-refractivity contribution is 5.81.